The summed E-state index contributed by atoms with van der Waals surface area (Å²) in [4.78, 5) is 12.8. The highest BCUT2D eigenvalue weighted by Gasteiger charge is 2.39. The van der Waals surface area contributed by atoms with Crippen LogP contribution in [0.5, 0.6) is 11.5 Å². The number of amides is 1. The van der Waals surface area contributed by atoms with Gasteiger partial charge in [-0.2, -0.15) is 18.4 Å². The summed E-state index contributed by atoms with van der Waals surface area (Å²) in [6, 6.07) is 10.9. The van der Waals surface area contributed by atoms with Crippen LogP contribution in [0.15, 0.2) is 42.5 Å². The van der Waals surface area contributed by atoms with Crippen molar-refractivity contribution in [3.8, 4) is 17.6 Å². The van der Waals surface area contributed by atoms with E-state index >= 15 is 0 Å². The Morgan fingerprint density at radius 3 is 2.31 bits per heavy atom. The molecule has 0 spiro atoms. The Kier molecular flexibility index (Phi) is 6.25. The minimum absolute atomic E-state index is 0.0110. The molecule has 0 atom stereocenters. The molecule has 1 aliphatic rings. The van der Waals surface area contributed by atoms with Crippen LogP contribution in [0, 0.1) is 11.3 Å². The van der Waals surface area contributed by atoms with E-state index in [0.717, 1.165) is 12.1 Å². The quantitative estimate of drug-likeness (QED) is 0.660. The molecule has 170 valence electrons. The smallest absolute Gasteiger partial charge is 0.420 e. The summed E-state index contributed by atoms with van der Waals surface area (Å²) in [5.74, 6) is -1.03. The van der Waals surface area contributed by atoms with Gasteiger partial charge in [-0.15, -0.1) is 0 Å². The summed E-state index contributed by atoms with van der Waals surface area (Å²) < 4.78 is 46.7. The third kappa shape index (κ3) is 5.60. The molecule has 3 rings (SSSR count). The Morgan fingerprint density at radius 2 is 1.72 bits per heavy atom. The van der Waals surface area contributed by atoms with Crippen LogP contribution in [0.25, 0.3) is 0 Å². The van der Waals surface area contributed by atoms with Crippen LogP contribution in [0.3, 0.4) is 0 Å². The van der Waals surface area contributed by atoms with Crippen LogP contribution < -0.4 is 15.4 Å². The summed E-state index contributed by atoms with van der Waals surface area (Å²) in [5, 5.41) is 15.5. The number of halogens is 3. The van der Waals surface area contributed by atoms with Crippen LogP contribution in [0.4, 0.5) is 13.2 Å². The van der Waals surface area contributed by atoms with Gasteiger partial charge in [0.1, 0.15) is 17.6 Å². The second-order valence-electron chi connectivity index (χ2n) is 9.39. The molecule has 0 saturated carbocycles. The van der Waals surface area contributed by atoms with E-state index in [2.05, 4.69) is 10.6 Å². The second-order valence-corrected chi connectivity index (χ2v) is 9.39. The van der Waals surface area contributed by atoms with Gasteiger partial charge in [-0.25, -0.2) is 0 Å². The number of piperidine rings is 1. The van der Waals surface area contributed by atoms with Crippen LogP contribution >= 0.6 is 0 Å². The monoisotopic (exact) mass is 445 g/mol. The number of carbonyl (C=O) groups is 1. The standard InChI is InChI=1S/C24H26F3N3O2/c1-22(2)12-17(13-23(3,4)30-22)29-21(31)15-9-10-20(18(11-15)24(25,26)27)32-19-8-6-5-7-16(19)14-28/h5-11,17,30H,12-13H2,1-4H3,(H,29,31). The van der Waals surface area contributed by atoms with E-state index in [4.69, 9.17) is 10.00 Å². The Bertz CT molecular complexity index is 1040. The molecule has 2 aromatic carbocycles. The SMILES string of the molecule is CC1(C)CC(NC(=O)c2ccc(Oc3ccccc3C#N)c(C(F)(F)F)c2)CC(C)(C)N1. The fraction of sp³-hybridized carbons (Fsp3) is 0.417. The van der Waals surface area contributed by atoms with E-state index in [0.29, 0.717) is 12.8 Å². The van der Waals surface area contributed by atoms with Gasteiger partial charge in [0.25, 0.3) is 5.91 Å². The highest BCUT2D eigenvalue weighted by atomic mass is 19.4. The Labute approximate surface area is 185 Å². The molecule has 1 fully saturated rings. The number of ether oxygens (including phenoxy) is 1. The maximum absolute atomic E-state index is 13.8. The van der Waals surface area contributed by atoms with E-state index in [1.165, 1.54) is 18.2 Å². The first-order valence-electron chi connectivity index (χ1n) is 10.3. The van der Waals surface area contributed by atoms with Crippen molar-refractivity contribution < 1.29 is 22.7 Å². The third-order valence-corrected chi connectivity index (χ3v) is 5.30. The van der Waals surface area contributed by atoms with Gasteiger partial charge in [0.2, 0.25) is 0 Å². The van der Waals surface area contributed by atoms with Crippen molar-refractivity contribution in [2.24, 2.45) is 0 Å². The molecule has 0 unspecified atom stereocenters. The minimum atomic E-state index is -4.74. The van der Waals surface area contributed by atoms with Gasteiger partial charge in [-0.3, -0.25) is 4.79 Å². The van der Waals surface area contributed by atoms with Gasteiger partial charge in [-0.1, -0.05) is 12.1 Å². The van der Waals surface area contributed by atoms with Crippen molar-refractivity contribution in [3.63, 3.8) is 0 Å². The number of alkyl halides is 3. The Morgan fingerprint density at radius 1 is 1.09 bits per heavy atom. The number of nitriles is 1. The Balaban J connectivity index is 1.87. The molecule has 2 aromatic rings. The zero-order valence-electron chi connectivity index (χ0n) is 18.4. The highest BCUT2D eigenvalue weighted by molar-refractivity contribution is 5.94. The molecule has 1 aliphatic heterocycles. The molecule has 0 aromatic heterocycles. The predicted molar refractivity (Wildman–Crippen MR) is 114 cm³/mol. The Hall–Kier alpha value is -3.05. The van der Waals surface area contributed by atoms with Crippen LogP contribution in [-0.2, 0) is 6.18 Å². The van der Waals surface area contributed by atoms with E-state index in [1.54, 1.807) is 12.1 Å². The number of hydrogen-bond acceptors (Lipinski definition) is 4. The van der Waals surface area contributed by atoms with Crippen molar-refractivity contribution in [1.82, 2.24) is 10.6 Å². The van der Waals surface area contributed by atoms with Gasteiger partial charge in [0.15, 0.2) is 0 Å². The van der Waals surface area contributed by atoms with Crippen molar-refractivity contribution in [3.05, 3.63) is 59.2 Å². The number of hydrogen-bond donors (Lipinski definition) is 2. The van der Waals surface area contributed by atoms with Gasteiger partial charge >= 0.3 is 6.18 Å². The number of para-hydroxylation sites is 1. The van der Waals surface area contributed by atoms with Gasteiger partial charge < -0.3 is 15.4 Å². The molecular weight excluding hydrogens is 419 g/mol. The lowest BCUT2D eigenvalue weighted by molar-refractivity contribution is -0.138. The van der Waals surface area contributed by atoms with Crippen LogP contribution in [-0.4, -0.2) is 23.0 Å². The summed E-state index contributed by atoms with van der Waals surface area (Å²) in [7, 11) is 0. The van der Waals surface area contributed by atoms with Gasteiger partial charge in [-0.05, 0) is 70.9 Å². The van der Waals surface area contributed by atoms with Crippen LogP contribution in [0.2, 0.25) is 0 Å². The molecule has 8 heteroatoms. The lowest BCUT2D eigenvalue weighted by Crippen LogP contribution is -2.62. The summed E-state index contributed by atoms with van der Waals surface area (Å²) in [5.41, 5.74) is -1.51. The summed E-state index contributed by atoms with van der Waals surface area (Å²) in [6.45, 7) is 8.11. The van der Waals surface area contributed by atoms with Crippen molar-refractivity contribution in [1.29, 1.82) is 5.26 Å². The molecule has 5 nitrogen and oxygen atoms in total. The van der Waals surface area contributed by atoms with Gasteiger partial charge in [0.05, 0.1) is 11.1 Å². The lowest BCUT2D eigenvalue weighted by Gasteiger charge is -2.46. The molecule has 0 bridgehead atoms. The van der Waals surface area contributed by atoms with Gasteiger partial charge in [0, 0.05) is 22.7 Å². The first-order valence-corrected chi connectivity index (χ1v) is 10.3. The highest BCUT2D eigenvalue weighted by Crippen LogP contribution is 2.39. The minimum Gasteiger partial charge on any atom is -0.455 e. The number of rotatable bonds is 4. The fourth-order valence-electron chi connectivity index (χ4n) is 4.44. The normalized spacial score (nSPS) is 17.9. The largest absolute Gasteiger partial charge is 0.455 e. The molecule has 32 heavy (non-hydrogen) atoms. The number of benzene rings is 2. The molecule has 1 saturated heterocycles. The van der Waals surface area contributed by atoms with E-state index < -0.39 is 23.4 Å². The first-order chi connectivity index (χ1) is 14.8. The molecule has 2 N–H and O–H groups in total. The zero-order chi connectivity index (χ0) is 23.7. The average molecular weight is 445 g/mol. The predicted octanol–water partition coefficient (Wildman–Crippen LogP) is 5.41. The second kappa shape index (κ2) is 8.47. The lowest BCUT2D eigenvalue weighted by atomic mass is 9.79. The van der Waals surface area contributed by atoms with E-state index in [-0.39, 0.29) is 34.0 Å². The van der Waals surface area contributed by atoms with E-state index in [1.807, 2.05) is 33.8 Å². The van der Waals surface area contributed by atoms with Crippen LogP contribution in [0.1, 0.15) is 62.0 Å². The molecule has 1 amide bonds. The maximum atomic E-state index is 13.8. The molecular formula is C24H26F3N3O2. The van der Waals surface area contributed by atoms with Crippen molar-refractivity contribution in [2.75, 3.05) is 0 Å². The summed E-state index contributed by atoms with van der Waals surface area (Å²) >= 11 is 0. The topological polar surface area (TPSA) is 74.1 Å². The molecule has 0 aliphatic carbocycles. The van der Waals surface area contributed by atoms with E-state index in [9.17, 15) is 18.0 Å². The van der Waals surface area contributed by atoms with Crippen molar-refractivity contribution >= 4 is 5.91 Å². The molecule has 1 heterocycles. The summed E-state index contributed by atoms with van der Waals surface area (Å²) in [6.07, 6.45) is -3.44. The van der Waals surface area contributed by atoms with Crippen molar-refractivity contribution in [2.45, 2.75) is 63.8 Å². The maximum Gasteiger partial charge on any atom is 0.420 e. The first kappa shape index (κ1) is 23.6. The zero-order valence-corrected chi connectivity index (χ0v) is 18.4. The third-order valence-electron chi connectivity index (χ3n) is 5.30. The molecule has 0 radical (unpaired) electrons. The number of carbonyl (C=O) groups excluding carboxylic acids is 1. The number of nitrogens with zero attached hydrogens (tertiary/aromatic N) is 1. The fourth-order valence-corrected chi connectivity index (χ4v) is 4.44. The average Bonchev–Trinajstić information content (AvgIpc) is 2.65. The number of nitrogens with one attached hydrogen (secondary N) is 2.